The monoisotopic (exact) mass is 272 g/mol. The fourth-order valence-corrected chi connectivity index (χ4v) is 2.45. The average Bonchev–Trinajstić information content (AvgIpc) is 2.43. The van der Waals surface area contributed by atoms with Gasteiger partial charge in [-0.2, -0.15) is 5.26 Å². The van der Waals surface area contributed by atoms with Crippen LogP contribution in [0.5, 0.6) is 0 Å². The number of pyridine rings is 1. The van der Waals surface area contributed by atoms with Crippen LogP contribution in [0.15, 0.2) is 35.4 Å². The van der Waals surface area contributed by atoms with Crippen molar-refractivity contribution >= 4 is 28.6 Å². The molecule has 0 saturated heterocycles. The number of aryl methyl sites for hydroxylation is 1. The van der Waals surface area contributed by atoms with Crippen LogP contribution in [0.2, 0.25) is 0 Å². The molecular weight excluding hydrogens is 260 g/mol. The van der Waals surface area contributed by atoms with Gasteiger partial charge in [0.05, 0.1) is 16.3 Å². The van der Waals surface area contributed by atoms with E-state index in [1.807, 2.05) is 37.3 Å². The first kappa shape index (κ1) is 13.4. The van der Waals surface area contributed by atoms with E-state index in [0.29, 0.717) is 0 Å². The van der Waals surface area contributed by atoms with Gasteiger partial charge in [0, 0.05) is 5.39 Å². The van der Waals surface area contributed by atoms with E-state index in [-0.39, 0.29) is 12.4 Å². The zero-order valence-electron chi connectivity index (χ0n) is 10.4. The molecule has 1 aromatic carbocycles. The minimum atomic E-state index is -0.404. The smallest absolute Gasteiger partial charge is 0.317 e. The Morgan fingerprint density at radius 2 is 2.26 bits per heavy atom. The van der Waals surface area contributed by atoms with Crippen LogP contribution in [0.3, 0.4) is 0 Å². The van der Waals surface area contributed by atoms with Gasteiger partial charge in [-0.15, -0.1) is 0 Å². The largest absolute Gasteiger partial charge is 0.450 e. The summed E-state index contributed by atoms with van der Waals surface area (Å²) in [4.78, 5) is 15.8. The molecule has 0 amide bonds. The van der Waals surface area contributed by atoms with E-state index >= 15 is 0 Å². The minimum absolute atomic E-state index is 0.159. The maximum atomic E-state index is 11.3. The van der Waals surface area contributed by atoms with Gasteiger partial charge in [-0.1, -0.05) is 30.0 Å². The molecule has 0 spiro atoms. The number of esters is 1. The fourth-order valence-electron chi connectivity index (χ4n) is 1.68. The molecule has 5 heteroatoms. The highest BCUT2D eigenvalue weighted by Gasteiger charge is 2.07. The van der Waals surface area contributed by atoms with Crippen molar-refractivity contribution < 1.29 is 9.53 Å². The lowest BCUT2D eigenvalue weighted by atomic mass is 10.1. The molecule has 0 aliphatic rings. The zero-order valence-corrected chi connectivity index (χ0v) is 11.2. The fraction of sp³-hybridized carbons (Fsp3) is 0.214. The van der Waals surface area contributed by atoms with Gasteiger partial charge in [0.15, 0.2) is 6.61 Å². The number of ether oxygens (including phenoxy) is 1. The van der Waals surface area contributed by atoms with Crippen LogP contribution in [-0.2, 0) is 9.53 Å². The topological polar surface area (TPSA) is 63.0 Å². The van der Waals surface area contributed by atoms with Gasteiger partial charge in [0.2, 0.25) is 0 Å². The molecule has 2 rings (SSSR count). The van der Waals surface area contributed by atoms with Crippen LogP contribution in [0.4, 0.5) is 0 Å². The first-order valence-electron chi connectivity index (χ1n) is 5.72. The Morgan fingerprint density at radius 3 is 3.05 bits per heavy atom. The number of aromatic nitrogens is 1. The summed E-state index contributed by atoms with van der Waals surface area (Å²) >= 11 is 1.31. The van der Waals surface area contributed by atoms with Crippen LogP contribution in [0, 0.1) is 18.3 Å². The summed E-state index contributed by atoms with van der Waals surface area (Å²) in [5, 5.41) is 10.2. The van der Waals surface area contributed by atoms with Gasteiger partial charge < -0.3 is 4.74 Å². The minimum Gasteiger partial charge on any atom is -0.450 e. The SMILES string of the molecule is Cc1cc(SCC(=O)OCC#N)nc2ccccc12. The Hall–Kier alpha value is -2.06. The van der Waals surface area contributed by atoms with E-state index in [1.165, 1.54) is 11.8 Å². The van der Waals surface area contributed by atoms with Crippen molar-refractivity contribution in [3.63, 3.8) is 0 Å². The standard InChI is InChI=1S/C14H12N2O2S/c1-10-8-13(19-9-14(17)18-7-6-15)16-12-5-3-2-4-11(10)12/h2-5,8H,7,9H2,1H3. The molecule has 1 aromatic heterocycles. The van der Waals surface area contributed by atoms with Crippen molar-refractivity contribution in [1.29, 1.82) is 5.26 Å². The molecule has 4 nitrogen and oxygen atoms in total. The first-order chi connectivity index (χ1) is 9.20. The lowest BCUT2D eigenvalue weighted by molar-refractivity contribution is -0.139. The number of benzene rings is 1. The highest BCUT2D eigenvalue weighted by Crippen LogP contribution is 2.23. The second-order valence-corrected chi connectivity index (χ2v) is 4.90. The van der Waals surface area contributed by atoms with Gasteiger partial charge >= 0.3 is 5.97 Å². The molecule has 0 fully saturated rings. The second-order valence-electron chi connectivity index (χ2n) is 3.90. The number of hydrogen-bond donors (Lipinski definition) is 0. The van der Waals surface area contributed by atoms with Crippen molar-refractivity contribution in [1.82, 2.24) is 4.98 Å². The number of carbonyl (C=O) groups excluding carboxylic acids is 1. The van der Waals surface area contributed by atoms with E-state index in [2.05, 4.69) is 9.72 Å². The first-order valence-corrected chi connectivity index (χ1v) is 6.71. The maximum Gasteiger partial charge on any atom is 0.317 e. The predicted octanol–water partition coefficient (Wildman–Crippen LogP) is 2.70. The number of carbonyl (C=O) groups is 1. The lowest BCUT2D eigenvalue weighted by Gasteiger charge is -2.05. The summed E-state index contributed by atoms with van der Waals surface area (Å²) in [6, 6.07) is 11.6. The molecule has 2 aromatic rings. The molecule has 0 bridgehead atoms. The van der Waals surface area contributed by atoms with E-state index in [9.17, 15) is 4.79 Å². The summed E-state index contributed by atoms with van der Waals surface area (Å²) in [6.07, 6.45) is 0. The third-order valence-corrected chi connectivity index (χ3v) is 3.42. The Bertz CT molecular complexity index is 649. The van der Waals surface area contributed by atoms with Gasteiger partial charge in [-0.05, 0) is 24.6 Å². The predicted molar refractivity (Wildman–Crippen MR) is 73.8 cm³/mol. The molecule has 0 atom stereocenters. The van der Waals surface area contributed by atoms with Crippen LogP contribution in [-0.4, -0.2) is 23.3 Å². The van der Waals surface area contributed by atoms with Crippen molar-refractivity contribution in [3.05, 3.63) is 35.9 Å². The summed E-state index contributed by atoms with van der Waals surface area (Å²) in [5.41, 5.74) is 2.04. The normalized spacial score (nSPS) is 10.1. The highest BCUT2D eigenvalue weighted by molar-refractivity contribution is 7.99. The second kappa shape index (κ2) is 6.21. The number of nitriles is 1. The maximum absolute atomic E-state index is 11.3. The molecule has 0 aliphatic carbocycles. The Labute approximate surface area is 115 Å². The summed E-state index contributed by atoms with van der Waals surface area (Å²) < 4.78 is 4.68. The molecule has 0 radical (unpaired) electrons. The van der Waals surface area contributed by atoms with Crippen LogP contribution >= 0.6 is 11.8 Å². The Kier molecular flexibility index (Phi) is 4.37. The van der Waals surface area contributed by atoms with Crippen molar-refractivity contribution in [2.45, 2.75) is 11.9 Å². The molecule has 0 unspecified atom stereocenters. The third-order valence-electron chi connectivity index (χ3n) is 2.54. The molecule has 1 heterocycles. The number of para-hydroxylation sites is 1. The molecule has 0 aliphatic heterocycles. The van der Waals surface area contributed by atoms with Crippen molar-refractivity contribution in [3.8, 4) is 6.07 Å². The Balaban J connectivity index is 2.09. The molecule has 96 valence electrons. The molecule has 0 saturated carbocycles. The number of rotatable bonds is 4. The van der Waals surface area contributed by atoms with E-state index in [0.717, 1.165) is 21.5 Å². The van der Waals surface area contributed by atoms with Crippen molar-refractivity contribution in [2.24, 2.45) is 0 Å². The van der Waals surface area contributed by atoms with Crippen LogP contribution < -0.4 is 0 Å². The van der Waals surface area contributed by atoms with Gasteiger partial charge in [-0.25, -0.2) is 4.98 Å². The van der Waals surface area contributed by atoms with E-state index in [4.69, 9.17) is 5.26 Å². The molecular formula is C14H12N2O2S. The Morgan fingerprint density at radius 1 is 1.47 bits per heavy atom. The van der Waals surface area contributed by atoms with Crippen molar-refractivity contribution in [2.75, 3.05) is 12.4 Å². The number of hydrogen-bond acceptors (Lipinski definition) is 5. The highest BCUT2D eigenvalue weighted by atomic mass is 32.2. The van der Waals surface area contributed by atoms with Gasteiger partial charge in [0.1, 0.15) is 6.07 Å². The molecule has 19 heavy (non-hydrogen) atoms. The number of thioether (sulfide) groups is 1. The third kappa shape index (κ3) is 3.46. The van der Waals surface area contributed by atoms with E-state index < -0.39 is 5.97 Å². The van der Waals surface area contributed by atoms with E-state index in [1.54, 1.807) is 6.07 Å². The van der Waals surface area contributed by atoms with Crippen LogP contribution in [0.1, 0.15) is 5.56 Å². The number of fused-ring (bicyclic) bond motifs is 1. The van der Waals surface area contributed by atoms with Crippen LogP contribution in [0.25, 0.3) is 10.9 Å². The summed E-state index contributed by atoms with van der Waals surface area (Å²) in [7, 11) is 0. The summed E-state index contributed by atoms with van der Waals surface area (Å²) in [5.74, 6) is -0.244. The van der Waals surface area contributed by atoms with Gasteiger partial charge in [0.25, 0.3) is 0 Å². The van der Waals surface area contributed by atoms with Gasteiger partial charge in [-0.3, -0.25) is 4.79 Å². The lowest BCUT2D eigenvalue weighted by Crippen LogP contribution is -2.07. The quantitative estimate of drug-likeness (QED) is 0.632. The zero-order chi connectivity index (χ0) is 13.7. The average molecular weight is 272 g/mol. The summed E-state index contributed by atoms with van der Waals surface area (Å²) in [6.45, 7) is 1.81. The number of nitrogens with zero attached hydrogens (tertiary/aromatic N) is 2. The molecule has 0 N–H and O–H groups in total.